The molecule has 4 N–H and O–H groups in total. The number of carboxylic acids is 1. The molecule has 0 saturated carbocycles. The fourth-order valence-electron chi connectivity index (χ4n) is 2.84. The molecular weight excluding hydrogens is 313 g/mol. The molecule has 1 aromatic carbocycles. The molecule has 0 spiro atoms. The molecule has 2 rings (SSSR count). The van der Waals surface area contributed by atoms with E-state index >= 15 is 0 Å². The van der Waals surface area contributed by atoms with Crippen molar-refractivity contribution in [2.24, 2.45) is 17.6 Å². The number of aromatic nitrogens is 4. The van der Waals surface area contributed by atoms with Gasteiger partial charge in [-0.1, -0.05) is 26.0 Å². The van der Waals surface area contributed by atoms with Crippen molar-refractivity contribution in [1.29, 1.82) is 0 Å². The normalized spacial score (nSPS) is 13.9. The van der Waals surface area contributed by atoms with Gasteiger partial charge in [-0.3, -0.25) is 4.79 Å². The number of halogens is 1. The van der Waals surface area contributed by atoms with Crippen molar-refractivity contribution in [2.45, 2.75) is 39.2 Å². The van der Waals surface area contributed by atoms with Gasteiger partial charge >= 0.3 is 5.97 Å². The Hall–Kier alpha value is -2.35. The van der Waals surface area contributed by atoms with Crippen LogP contribution in [0.2, 0.25) is 0 Å². The van der Waals surface area contributed by atoms with Crippen LogP contribution in [0.5, 0.6) is 0 Å². The standard InChI is InChI=1S/C16H22FN5O2/c1-9(2)5-13(16(23)24)12(15-19-21-22-20-15)6-10-3-4-11(8-18)14(17)7-10/h3-4,7,9,12-13H,5-6,8,18H2,1-2H3,(H,23,24)(H,19,20,21,22)/t12-,13?/m0/s1. The maximum Gasteiger partial charge on any atom is 0.307 e. The third-order valence-corrected chi connectivity index (χ3v) is 4.03. The summed E-state index contributed by atoms with van der Waals surface area (Å²) in [6.07, 6.45) is 0.798. The fourth-order valence-corrected chi connectivity index (χ4v) is 2.84. The Labute approximate surface area is 139 Å². The summed E-state index contributed by atoms with van der Waals surface area (Å²) in [5.41, 5.74) is 6.58. The highest BCUT2D eigenvalue weighted by Crippen LogP contribution is 2.31. The molecule has 0 saturated heterocycles. The molecule has 1 unspecified atom stereocenters. The molecule has 24 heavy (non-hydrogen) atoms. The molecule has 0 aliphatic carbocycles. The van der Waals surface area contributed by atoms with Crippen LogP contribution in [-0.2, 0) is 17.8 Å². The highest BCUT2D eigenvalue weighted by atomic mass is 19.1. The number of hydrogen-bond donors (Lipinski definition) is 3. The van der Waals surface area contributed by atoms with Gasteiger partial charge in [0.25, 0.3) is 0 Å². The van der Waals surface area contributed by atoms with Gasteiger partial charge in [0.05, 0.1) is 5.92 Å². The molecule has 1 aromatic heterocycles. The summed E-state index contributed by atoms with van der Waals surface area (Å²) < 4.78 is 14.0. The van der Waals surface area contributed by atoms with E-state index in [0.29, 0.717) is 29.8 Å². The van der Waals surface area contributed by atoms with E-state index in [2.05, 4.69) is 20.6 Å². The van der Waals surface area contributed by atoms with Crippen molar-refractivity contribution in [1.82, 2.24) is 20.6 Å². The summed E-state index contributed by atoms with van der Waals surface area (Å²) in [7, 11) is 0. The Morgan fingerprint density at radius 1 is 1.42 bits per heavy atom. The summed E-state index contributed by atoms with van der Waals surface area (Å²) >= 11 is 0. The van der Waals surface area contributed by atoms with Crippen LogP contribution in [0.15, 0.2) is 18.2 Å². The lowest BCUT2D eigenvalue weighted by atomic mass is 9.81. The van der Waals surface area contributed by atoms with Gasteiger partial charge in [-0.2, -0.15) is 0 Å². The highest BCUT2D eigenvalue weighted by Gasteiger charge is 2.32. The number of H-pyrrole nitrogens is 1. The zero-order valence-corrected chi connectivity index (χ0v) is 13.7. The van der Waals surface area contributed by atoms with Gasteiger partial charge in [0.15, 0.2) is 5.82 Å². The second kappa shape index (κ2) is 7.96. The number of nitrogens with two attached hydrogens (primary N) is 1. The summed E-state index contributed by atoms with van der Waals surface area (Å²) in [5, 5.41) is 23.3. The minimum Gasteiger partial charge on any atom is -0.481 e. The number of aliphatic carboxylic acids is 1. The van der Waals surface area contributed by atoms with Crippen molar-refractivity contribution in [3.05, 3.63) is 41.0 Å². The molecule has 1 heterocycles. The minimum atomic E-state index is -0.913. The smallest absolute Gasteiger partial charge is 0.307 e. The average molecular weight is 335 g/mol. The van der Waals surface area contributed by atoms with Crippen LogP contribution in [-0.4, -0.2) is 31.7 Å². The lowest BCUT2D eigenvalue weighted by Crippen LogP contribution is -2.26. The quantitative estimate of drug-likeness (QED) is 0.678. The van der Waals surface area contributed by atoms with E-state index in [-0.39, 0.29) is 18.3 Å². The molecule has 2 aromatic rings. The third kappa shape index (κ3) is 4.35. The fraction of sp³-hybridized carbons (Fsp3) is 0.500. The van der Waals surface area contributed by atoms with Gasteiger partial charge in [-0.05, 0) is 40.8 Å². The van der Waals surface area contributed by atoms with Crippen LogP contribution in [0.4, 0.5) is 4.39 Å². The van der Waals surface area contributed by atoms with Gasteiger partial charge in [0, 0.05) is 18.0 Å². The number of carboxylic acid groups (broad SMARTS) is 1. The van der Waals surface area contributed by atoms with E-state index in [0.717, 1.165) is 0 Å². The predicted octanol–water partition coefficient (Wildman–Crippen LogP) is 1.87. The number of tetrazole rings is 1. The van der Waals surface area contributed by atoms with Crippen molar-refractivity contribution >= 4 is 5.97 Å². The van der Waals surface area contributed by atoms with Crippen molar-refractivity contribution in [3.8, 4) is 0 Å². The highest BCUT2D eigenvalue weighted by molar-refractivity contribution is 5.71. The largest absolute Gasteiger partial charge is 0.481 e. The van der Waals surface area contributed by atoms with Crippen LogP contribution in [0.25, 0.3) is 0 Å². The third-order valence-electron chi connectivity index (χ3n) is 4.03. The number of carbonyl (C=O) groups is 1. The molecular formula is C16H22FN5O2. The van der Waals surface area contributed by atoms with Crippen LogP contribution in [0.1, 0.15) is 43.1 Å². The number of nitrogens with one attached hydrogen (secondary N) is 1. The SMILES string of the molecule is CC(C)CC(C(=O)O)[C@H](Cc1ccc(CN)c(F)c1)c1nnn[nH]1. The summed E-state index contributed by atoms with van der Waals surface area (Å²) in [6.45, 7) is 4.04. The van der Waals surface area contributed by atoms with Gasteiger partial charge in [0.1, 0.15) is 5.82 Å². The second-order valence-corrected chi connectivity index (χ2v) is 6.30. The van der Waals surface area contributed by atoms with E-state index in [9.17, 15) is 14.3 Å². The summed E-state index contributed by atoms with van der Waals surface area (Å²) in [6, 6.07) is 4.78. The van der Waals surface area contributed by atoms with E-state index in [1.165, 1.54) is 6.07 Å². The summed E-state index contributed by atoms with van der Waals surface area (Å²) in [4.78, 5) is 11.8. The maximum atomic E-state index is 14.0. The van der Waals surface area contributed by atoms with Crippen molar-refractivity contribution in [2.75, 3.05) is 0 Å². The second-order valence-electron chi connectivity index (χ2n) is 6.30. The lowest BCUT2D eigenvalue weighted by molar-refractivity contribution is -0.143. The van der Waals surface area contributed by atoms with Crippen LogP contribution in [0.3, 0.4) is 0 Å². The number of aromatic amines is 1. The van der Waals surface area contributed by atoms with Gasteiger partial charge < -0.3 is 10.8 Å². The zero-order valence-electron chi connectivity index (χ0n) is 13.7. The monoisotopic (exact) mass is 335 g/mol. The molecule has 0 aliphatic rings. The first-order chi connectivity index (χ1) is 11.4. The van der Waals surface area contributed by atoms with Crippen molar-refractivity contribution in [3.63, 3.8) is 0 Å². The first kappa shape index (κ1) is 18.0. The number of hydrogen-bond acceptors (Lipinski definition) is 5. The van der Waals surface area contributed by atoms with Gasteiger partial charge in [0.2, 0.25) is 0 Å². The first-order valence-electron chi connectivity index (χ1n) is 7.86. The Balaban J connectivity index is 2.33. The van der Waals surface area contributed by atoms with E-state index in [4.69, 9.17) is 5.73 Å². The number of rotatable bonds is 8. The predicted molar refractivity (Wildman–Crippen MR) is 85.5 cm³/mol. The van der Waals surface area contributed by atoms with Crippen molar-refractivity contribution < 1.29 is 14.3 Å². The Bertz CT molecular complexity index is 675. The minimum absolute atomic E-state index is 0.118. The van der Waals surface area contributed by atoms with Crippen LogP contribution < -0.4 is 5.73 Å². The molecule has 0 amide bonds. The molecule has 0 bridgehead atoms. The van der Waals surface area contributed by atoms with Crippen LogP contribution in [0, 0.1) is 17.7 Å². The Morgan fingerprint density at radius 2 is 2.17 bits per heavy atom. The molecule has 2 atom stereocenters. The van der Waals surface area contributed by atoms with Crippen LogP contribution >= 0.6 is 0 Å². The maximum absolute atomic E-state index is 14.0. The molecule has 0 aliphatic heterocycles. The summed E-state index contributed by atoms with van der Waals surface area (Å²) in [5.74, 6) is -1.85. The Kier molecular flexibility index (Phi) is 5.97. The first-order valence-corrected chi connectivity index (χ1v) is 7.86. The molecule has 8 heteroatoms. The van der Waals surface area contributed by atoms with E-state index in [1.54, 1.807) is 12.1 Å². The topological polar surface area (TPSA) is 118 Å². The number of benzene rings is 1. The molecule has 7 nitrogen and oxygen atoms in total. The van der Waals surface area contributed by atoms with Gasteiger partial charge in [-0.15, -0.1) is 5.10 Å². The number of nitrogens with zero attached hydrogens (tertiary/aromatic N) is 3. The van der Waals surface area contributed by atoms with E-state index < -0.39 is 17.8 Å². The Morgan fingerprint density at radius 3 is 2.67 bits per heavy atom. The molecule has 0 radical (unpaired) electrons. The lowest BCUT2D eigenvalue weighted by Gasteiger charge is -2.23. The molecule has 130 valence electrons. The van der Waals surface area contributed by atoms with E-state index in [1.807, 2.05) is 13.8 Å². The zero-order chi connectivity index (χ0) is 17.7. The van der Waals surface area contributed by atoms with Gasteiger partial charge in [-0.25, -0.2) is 9.49 Å². The average Bonchev–Trinajstić information content (AvgIpc) is 3.04. The molecule has 0 fully saturated rings.